The summed E-state index contributed by atoms with van der Waals surface area (Å²) in [6.07, 6.45) is 3.83. The number of amides is 1. The van der Waals surface area contributed by atoms with Crippen LogP contribution in [-0.4, -0.2) is 31.3 Å². The molecule has 0 radical (unpaired) electrons. The van der Waals surface area contributed by atoms with E-state index in [1.54, 1.807) is 48.8 Å². The van der Waals surface area contributed by atoms with Gasteiger partial charge in [-0.2, -0.15) is 9.78 Å². The maximum absolute atomic E-state index is 13.0. The van der Waals surface area contributed by atoms with Crippen molar-refractivity contribution in [1.82, 2.24) is 24.6 Å². The van der Waals surface area contributed by atoms with E-state index < -0.39 is 17.2 Å². The van der Waals surface area contributed by atoms with Crippen molar-refractivity contribution in [2.24, 2.45) is 0 Å². The first-order valence-corrected chi connectivity index (χ1v) is 9.48. The minimum absolute atomic E-state index is 0.0365. The topological polar surface area (TPSA) is 98.9 Å². The number of carbonyl (C=O) groups is 1. The summed E-state index contributed by atoms with van der Waals surface area (Å²) in [5.41, 5.74) is -0.749. The monoisotopic (exact) mass is 413 g/mol. The normalized spacial score (nSPS) is 11.8. The summed E-state index contributed by atoms with van der Waals surface area (Å²) in [6.45, 7) is 3.69. The van der Waals surface area contributed by atoms with E-state index in [0.717, 1.165) is 9.25 Å². The van der Waals surface area contributed by atoms with Crippen molar-refractivity contribution in [3.8, 4) is 5.69 Å². The van der Waals surface area contributed by atoms with E-state index in [9.17, 15) is 14.4 Å². The van der Waals surface area contributed by atoms with Gasteiger partial charge in [-0.05, 0) is 49.2 Å². The minimum atomic E-state index is -0.759. The number of nitrogens with one attached hydrogen (secondary N) is 1. The van der Waals surface area contributed by atoms with E-state index in [1.165, 1.54) is 0 Å². The van der Waals surface area contributed by atoms with E-state index >= 15 is 0 Å². The van der Waals surface area contributed by atoms with Gasteiger partial charge in [-0.15, -0.1) is 0 Å². The Morgan fingerprint density at radius 2 is 1.93 bits per heavy atom. The molecule has 9 heteroatoms. The van der Waals surface area contributed by atoms with Gasteiger partial charge in [0.25, 0.3) is 11.5 Å². The fourth-order valence-electron chi connectivity index (χ4n) is 2.62. The van der Waals surface area contributed by atoms with Crippen LogP contribution < -0.4 is 16.6 Å². The average molecular weight is 414 g/mol. The highest BCUT2D eigenvalue weighted by Gasteiger charge is 2.21. The zero-order valence-corrected chi connectivity index (χ0v) is 16.8. The lowest BCUT2D eigenvalue weighted by Crippen LogP contribution is -2.47. The summed E-state index contributed by atoms with van der Waals surface area (Å²) in [5, 5.41) is 7.27. The molecule has 2 aromatic heterocycles. The zero-order valence-electron chi connectivity index (χ0n) is 16.0. The fourth-order valence-corrected chi connectivity index (χ4v) is 2.74. The van der Waals surface area contributed by atoms with Crippen LogP contribution in [0.5, 0.6) is 0 Å². The SMILES string of the molecule is CC[C@H](C)NC(=O)c1nn(-c2ccc(Cl)cc2)c(=O)n(Cc2cccnc2)c1=O. The molecule has 3 aromatic rings. The third-order valence-electron chi connectivity index (χ3n) is 4.40. The molecule has 0 fully saturated rings. The Labute approximate surface area is 171 Å². The molecule has 1 amide bonds. The third kappa shape index (κ3) is 4.60. The predicted molar refractivity (Wildman–Crippen MR) is 110 cm³/mol. The Morgan fingerprint density at radius 3 is 2.55 bits per heavy atom. The Hall–Kier alpha value is -3.26. The van der Waals surface area contributed by atoms with Gasteiger partial charge in [0, 0.05) is 23.5 Å². The molecule has 0 saturated heterocycles. The van der Waals surface area contributed by atoms with Crippen LogP contribution in [0.3, 0.4) is 0 Å². The molecule has 8 nitrogen and oxygen atoms in total. The quantitative estimate of drug-likeness (QED) is 0.666. The van der Waals surface area contributed by atoms with Crippen molar-refractivity contribution < 1.29 is 4.79 Å². The molecule has 0 saturated carbocycles. The minimum Gasteiger partial charge on any atom is -0.348 e. The number of halogens is 1. The van der Waals surface area contributed by atoms with Crippen LogP contribution in [0.2, 0.25) is 5.02 Å². The van der Waals surface area contributed by atoms with E-state index in [0.29, 0.717) is 22.7 Å². The molecule has 0 spiro atoms. The fraction of sp³-hybridized carbons (Fsp3) is 0.250. The lowest BCUT2D eigenvalue weighted by molar-refractivity contribution is 0.0929. The Bertz CT molecular complexity index is 1120. The van der Waals surface area contributed by atoms with Crippen LogP contribution in [0.15, 0.2) is 58.4 Å². The molecule has 29 heavy (non-hydrogen) atoms. The molecule has 0 aliphatic carbocycles. The van der Waals surface area contributed by atoms with Crippen molar-refractivity contribution in [1.29, 1.82) is 0 Å². The first-order valence-electron chi connectivity index (χ1n) is 9.10. The maximum atomic E-state index is 13.0. The largest absolute Gasteiger partial charge is 0.352 e. The number of hydrogen-bond acceptors (Lipinski definition) is 5. The van der Waals surface area contributed by atoms with Crippen LogP contribution in [0, 0.1) is 0 Å². The van der Waals surface area contributed by atoms with Crippen LogP contribution in [0.1, 0.15) is 36.3 Å². The summed E-state index contributed by atoms with van der Waals surface area (Å²) >= 11 is 5.92. The first-order chi connectivity index (χ1) is 13.9. The molecule has 150 valence electrons. The molecular formula is C20H20ClN5O3. The molecule has 3 rings (SSSR count). The number of hydrogen-bond donors (Lipinski definition) is 1. The molecule has 0 aliphatic rings. The average Bonchev–Trinajstić information content (AvgIpc) is 2.72. The van der Waals surface area contributed by atoms with Crippen LogP contribution in [0.4, 0.5) is 0 Å². The summed E-state index contributed by atoms with van der Waals surface area (Å²) in [7, 11) is 0. The second kappa shape index (κ2) is 8.83. The van der Waals surface area contributed by atoms with Gasteiger partial charge in [0.05, 0.1) is 12.2 Å². The molecule has 0 unspecified atom stereocenters. The number of pyridine rings is 1. The lowest BCUT2D eigenvalue weighted by Gasteiger charge is -2.14. The maximum Gasteiger partial charge on any atom is 0.352 e. The Balaban J connectivity index is 2.18. The molecule has 0 aliphatic heterocycles. The summed E-state index contributed by atoms with van der Waals surface area (Å²) in [5.74, 6) is -0.632. The summed E-state index contributed by atoms with van der Waals surface area (Å²) < 4.78 is 2.00. The van der Waals surface area contributed by atoms with E-state index in [-0.39, 0.29) is 18.3 Å². The standard InChI is InChI=1S/C20H20ClN5O3/c1-3-13(2)23-18(27)17-19(28)25(12-14-5-4-10-22-11-14)20(29)26(24-17)16-8-6-15(21)7-9-16/h4-11,13H,3,12H2,1-2H3,(H,23,27)/t13-/m0/s1. The molecule has 1 N–H and O–H groups in total. The first kappa shape index (κ1) is 20.5. The Kier molecular flexibility index (Phi) is 6.23. The van der Waals surface area contributed by atoms with Gasteiger partial charge in [-0.25, -0.2) is 4.79 Å². The predicted octanol–water partition coefficient (Wildman–Crippen LogP) is 2.02. The van der Waals surface area contributed by atoms with Gasteiger partial charge in [-0.3, -0.25) is 19.1 Å². The van der Waals surface area contributed by atoms with Crippen molar-refractivity contribution in [3.63, 3.8) is 0 Å². The third-order valence-corrected chi connectivity index (χ3v) is 4.65. The van der Waals surface area contributed by atoms with Crippen molar-refractivity contribution in [2.75, 3.05) is 0 Å². The molecule has 1 atom stereocenters. The number of carbonyl (C=O) groups excluding carboxylic acids is 1. The number of aromatic nitrogens is 4. The molecule has 1 aromatic carbocycles. The van der Waals surface area contributed by atoms with Gasteiger partial charge in [0.15, 0.2) is 0 Å². The van der Waals surface area contributed by atoms with Crippen LogP contribution >= 0.6 is 11.6 Å². The van der Waals surface area contributed by atoms with Gasteiger partial charge < -0.3 is 5.32 Å². The van der Waals surface area contributed by atoms with E-state index in [1.807, 2.05) is 13.8 Å². The van der Waals surface area contributed by atoms with Crippen molar-refractivity contribution >= 4 is 17.5 Å². The zero-order chi connectivity index (χ0) is 21.0. The highest BCUT2D eigenvalue weighted by Crippen LogP contribution is 2.11. The highest BCUT2D eigenvalue weighted by atomic mass is 35.5. The lowest BCUT2D eigenvalue weighted by atomic mass is 10.2. The Morgan fingerprint density at radius 1 is 1.21 bits per heavy atom. The highest BCUT2D eigenvalue weighted by molar-refractivity contribution is 6.30. The van der Waals surface area contributed by atoms with E-state index in [2.05, 4.69) is 15.4 Å². The second-order valence-electron chi connectivity index (χ2n) is 6.55. The van der Waals surface area contributed by atoms with Crippen molar-refractivity contribution in [2.45, 2.75) is 32.9 Å². The molecule has 2 heterocycles. The molecular weight excluding hydrogens is 394 g/mol. The summed E-state index contributed by atoms with van der Waals surface area (Å²) in [6, 6.07) is 9.67. The molecule has 0 bridgehead atoms. The van der Waals surface area contributed by atoms with Crippen molar-refractivity contribution in [3.05, 3.63) is 85.9 Å². The van der Waals surface area contributed by atoms with Gasteiger partial charge in [0.1, 0.15) is 0 Å². The number of rotatable bonds is 6. The summed E-state index contributed by atoms with van der Waals surface area (Å²) in [4.78, 5) is 42.6. The number of benzene rings is 1. The smallest absolute Gasteiger partial charge is 0.348 e. The second-order valence-corrected chi connectivity index (χ2v) is 6.99. The van der Waals surface area contributed by atoms with Crippen LogP contribution in [0.25, 0.3) is 5.69 Å². The van der Waals surface area contributed by atoms with Gasteiger partial charge in [-0.1, -0.05) is 24.6 Å². The number of nitrogens with zero attached hydrogens (tertiary/aromatic N) is 4. The van der Waals surface area contributed by atoms with Gasteiger partial charge in [0.2, 0.25) is 5.69 Å². The van der Waals surface area contributed by atoms with E-state index in [4.69, 9.17) is 11.6 Å². The van der Waals surface area contributed by atoms with Crippen LogP contribution in [-0.2, 0) is 6.54 Å². The van der Waals surface area contributed by atoms with Gasteiger partial charge >= 0.3 is 5.69 Å².